The van der Waals surface area contributed by atoms with Crippen molar-refractivity contribution in [3.8, 4) is 22.6 Å². The second-order valence-corrected chi connectivity index (χ2v) is 6.45. The first-order chi connectivity index (χ1) is 13.1. The van der Waals surface area contributed by atoms with Crippen molar-refractivity contribution >= 4 is 17.6 Å². The fourth-order valence-corrected chi connectivity index (χ4v) is 3.03. The van der Waals surface area contributed by atoms with E-state index in [9.17, 15) is 4.79 Å². The summed E-state index contributed by atoms with van der Waals surface area (Å²) in [5.41, 5.74) is 3.46. The molecule has 0 spiro atoms. The molecule has 0 bridgehead atoms. The lowest BCUT2D eigenvalue weighted by Crippen LogP contribution is -2.04. The van der Waals surface area contributed by atoms with Crippen molar-refractivity contribution in [2.75, 3.05) is 7.11 Å². The maximum atomic E-state index is 11.0. The Morgan fingerprint density at radius 3 is 2.56 bits per heavy atom. The van der Waals surface area contributed by atoms with Crippen LogP contribution >= 0.6 is 11.6 Å². The van der Waals surface area contributed by atoms with Crippen molar-refractivity contribution in [3.05, 3.63) is 82.9 Å². The largest absolute Gasteiger partial charge is 0.496 e. The number of carboxylic acid groups (broad SMARTS) is 1. The predicted molar refractivity (Wildman–Crippen MR) is 106 cm³/mol. The molecule has 3 rings (SSSR count). The zero-order valence-electron chi connectivity index (χ0n) is 14.8. The van der Waals surface area contributed by atoms with Gasteiger partial charge in [-0.1, -0.05) is 48.0 Å². The van der Waals surface area contributed by atoms with Gasteiger partial charge in [0, 0.05) is 16.1 Å². The van der Waals surface area contributed by atoms with Crippen LogP contribution in [-0.2, 0) is 17.8 Å². The summed E-state index contributed by atoms with van der Waals surface area (Å²) in [6, 6.07) is 20.5. The molecular weight excluding hydrogens is 364 g/mol. The van der Waals surface area contributed by atoms with E-state index in [1.807, 2.05) is 48.5 Å². The Morgan fingerprint density at radius 1 is 1.00 bits per heavy atom. The minimum absolute atomic E-state index is 0.0768. The first-order valence-corrected chi connectivity index (χ1v) is 8.80. The van der Waals surface area contributed by atoms with E-state index in [-0.39, 0.29) is 6.42 Å². The number of hydrogen-bond acceptors (Lipinski definition) is 3. The summed E-state index contributed by atoms with van der Waals surface area (Å²) < 4.78 is 11.4. The maximum absolute atomic E-state index is 11.0. The van der Waals surface area contributed by atoms with Gasteiger partial charge in [-0.2, -0.15) is 0 Å². The average molecular weight is 383 g/mol. The quantitative estimate of drug-likeness (QED) is 0.608. The van der Waals surface area contributed by atoms with E-state index in [4.69, 9.17) is 26.2 Å². The highest BCUT2D eigenvalue weighted by Gasteiger charge is 2.10. The molecule has 0 aliphatic carbocycles. The van der Waals surface area contributed by atoms with Crippen LogP contribution in [-0.4, -0.2) is 18.2 Å². The summed E-state index contributed by atoms with van der Waals surface area (Å²) in [5.74, 6) is 0.422. The van der Waals surface area contributed by atoms with Crippen molar-refractivity contribution in [1.82, 2.24) is 0 Å². The Labute approximate surface area is 162 Å². The van der Waals surface area contributed by atoms with E-state index in [0.717, 1.165) is 22.4 Å². The van der Waals surface area contributed by atoms with Crippen LogP contribution in [0.15, 0.2) is 66.7 Å². The summed E-state index contributed by atoms with van der Waals surface area (Å²) in [6.45, 7) is 0.314. The van der Waals surface area contributed by atoms with Crippen LogP contribution in [0.4, 0.5) is 0 Å². The van der Waals surface area contributed by atoms with Crippen molar-refractivity contribution in [2.24, 2.45) is 0 Å². The molecule has 0 atom stereocenters. The van der Waals surface area contributed by atoms with Gasteiger partial charge < -0.3 is 14.6 Å². The summed E-state index contributed by atoms with van der Waals surface area (Å²) in [5, 5.41) is 9.69. The van der Waals surface area contributed by atoms with Gasteiger partial charge in [-0.15, -0.1) is 0 Å². The zero-order valence-corrected chi connectivity index (χ0v) is 15.6. The zero-order chi connectivity index (χ0) is 19.2. The van der Waals surface area contributed by atoms with Gasteiger partial charge >= 0.3 is 5.97 Å². The molecule has 3 aromatic carbocycles. The van der Waals surface area contributed by atoms with Crippen molar-refractivity contribution in [1.29, 1.82) is 0 Å². The van der Waals surface area contributed by atoms with Gasteiger partial charge in [0.2, 0.25) is 0 Å². The highest BCUT2D eigenvalue weighted by molar-refractivity contribution is 6.30. The van der Waals surface area contributed by atoms with Crippen LogP contribution < -0.4 is 9.47 Å². The number of rotatable bonds is 7. The molecule has 5 heteroatoms. The number of halogens is 1. The van der Waals surface area contributed by atoms with E-state index in [2.05, 4.69) is 0 Å². The third-order valence-corrected chi connectivity index (χ3v) is 4.34. The maximum Gasteiger partial charge on any atom is 0.307 e. The topological polar surface area (TPSA) is 55.8 Å². The summed E-state index contributed by atoms with van der Waals surface area (Å²) in [6.07, 6.45) is -0.0768. The van der Waals surface area contributed by atoms with Gasteiger partial charge in [-0.25, -0.2) is 0 Å². The van der Waals surface area contributed by atoms with Gasteiger partial charge in [-0.05, 0) is 41.5 Å². The Kier molecular flexibility index (Phi) is 5.99. The standard InChI is InChI=1S/C22H19ClO4/c1-26-21-10-9-15(11-19(21)16-6-4-7-18(23)12-16)14-27-20-8-3-2-5-17(20)13-22(24)25/h2-12H,13-14H2,1H3,(H,24,25). The molecule has 27 heavy (non-hydrogen) atoms. The predicted octanol–water partition coefficient (Wildman–Crippen LogP) is 5.22. The summed E-state index contributed by atoms with van der Waals surface area (Å²) >= 11 is 6.12. The Bertz CT molecular complexity index is 953. The molecule has 0 aliphatic rings. The van der Waals surface area contributed by atoms with Gasteiger partial charge in [0.1, 0.15) is 18.1 Å². The number of hydrogen-bond donors (Lipinski definition) is 1. The lowest BCUT2D eigenvalue weighted by molar-refractivity contribution is -0.136. The molecule has 138 valence electrons. The molecule has 0 unspecified atom stereocenters. The molecule has 3 aromatic rings. The first-order valence-electron chi connectivity index (χ1n) is 8.42. The van der Waals surface area contributed by atoms with E-state index >= 15 is 0 Å². The van der Waals surface area contributed by atoms with E-state index < -0.39 is 5.97 Å². The number of carbonyl (C=O) groups is 1. The third-order valence-electron chi connectivity index (χ3n) is 4.11. The lowest BCUT2D eigenvalue weighted by Gasteiger charge is -2.13. The second kappa shape index (κ2) is 8.60. The molecule has 4 nitrogen and oxygen atoms in total. The molecular formula is C22H19ClO4. The van der Waals surface area contributed by atoms with E-state index in [1.165, 1.54) is 0 Å². The lowest BCUT2D eigenvalue weighted by atomic mass is 10.0. The van der Waals surface area contributed by atoms with Crippen molar-refractivity contribution in [3.63, 3.8) is 0 Å². The van der Waals surface area contributed by atoms with E-state index in [0.29, 0.717) is 22.9 Å². The molecule has 0 amide bonds. The van der Waals surface area contributed by atoms with E-state index in [1.54, 1.807) is 25.3 Å². The number of ether oxygens (including phenoxy) is 2. The molecule has 0 radical (unpaired) electrons. The second-order valence-electron chi connectivity index (χ2n) is 6.01. The van der Waals surface area contributed by atoms with Crippen molar-refractivity contribution in [2.45, 2.75) is 13.0 Å². The fraction of sp³-hybridized carbons (Fsp3) is 0.136. The third kappa shape index (κ3) is 4.80. The SMILES string of the molecule is COc1ccc(COc2ccccc2CC(=O)O)cc1-c1cccc(Cl)c1. The van der Waals surface area contributed by atoms with Gasteiger partial charge in [0.25, 0.3) is 0 Å². The highest BCUT2D eigenvalue weighted by atomic mass is 35.5. The highest BCUT2D eigenvalue weighted by Crippen LogP contribution is 2.32. The van der Waals surface area contributed by atoms with Gasteiger partial charge in [-0.3, -0.25) is 4.79 Å². The molecule has 0 fully saturated rings. The monoisotopic (exact) mass is 382 g/mol. The Balaban J connectivity index is 1.85. The summed E-state index contributed by atoms with van der Waals surface area (Å²) in [4.78, 5) is 11.0. The summed E-state index contributed by atoms with van der Waals surface area (Å²) in [7, 11) is 1.63. The number of para-hydroxylation sites is 1. The van der Waals surface area contributed by atoms with Crippen molar-refractivity contribution < 1.29 is 19.4 Å². The Morgan fingerprint density at radius 2 is 1.81 bits per heavy atom. The number of carboxylic acids is 1. The Hall–Kier alpha value is -2.98. The molecule has 0 saturated carbocycles. The van der Waals surface area contributed by atoms with Crippen LogP contribution in [0, 0.1) is 0 Å². The van der Waals surface area contributed by atoms with Crippen LogP contribution in [0.25, 0.3) is 11.1 Å². The first kappa shape index (κ1) is 18.8. The van der Waals surface area contributed by atoms with Crippen LogP contribution in [0.1, 0.15) is 11.1 Å². The minimum atomic E-state index is -0.890. The number of benzene rings is 3. The molecule has 1 N–H and O–H groups in total. The molecule has 0 aromatic heterocycles. The number of methoxy groups -OCH3 is 1. The smallest absolute Gasteiger partial charge is 0.307 e. The van der Waals surface area contributed by atoms with Crippen LogP contribution in [0.3, 0.4) is 0 Å². The van der Waals surface area contributed by atoms with Gasteiger partial charge in [0.05, 0.1) is 13.5 Å². The molecule has 0 aliphatic heterocycles. The fourth-order valence-electron chi connectivity index (χ4n) is 2.84. The molecule has 0 heterocycles. The van der Waals surface area contributed by atoms with Gasteiger partial charge in [0.15, 0.2) is 0 Å². The minimum Gasteiger partial charge on any atom is -0.496 e. The molecule has 0 saturated heterocycles. The average Bonchev–Trinajstić information content (AvgIpc) is 2.66. The van der Waals surface area contributed by atoms with Crippen LogP contribution in [0.2, 0.25) is 5.02 Å². The normalized spacial score (nSPS) is 10.4. The number of aliphatic carboxylic acids is 1. The van der Waals surface area contributed by atoms with Crippen LogP contribution in [0.5, 0.6) is 11.5 Å².